The summed E-state index contributed by atoms with van der Waals surface area (Å²) in [5, 5.41) is 13.6. The SMILES string of the molecule is CN/C=C(\C=N)c1cnc2c(n1)N(CC1CCC(=O)N1)/C(=N/c1c(F)c(OC)cc(OC)c1F)C(C)C2. The second-order valence-electron chi connectivity index (χ2n) is 8.80. The highest BCUT2D eigenvalue weighted by Gasteiger charge is 2.35. The maximum atomic E-state index is 15.2. The Morgan fingerprint density at radius 3 is 2.59 bits per heavy atom. The molecule has 0 radical (unpaired) electrons. The molecule has 2 unspecified atom stereocenters. The van der Waals surface area contributed by atoms with Gasteiger partial charge in [0, 0.05) is 62.4 Å². The van der Waals surface area contributed by atoms with E-state index in [-0.39, 0.29) is 35.9 Å². The molecule has 1 fully saturated rings. The second-order valence-corrected chi connectivity index (χ2v) is 8.80. The van der Waals surface area contributed by atoms with Gasteiger partial charge in [0.2, 0.25) is 5.91 Å². The van der Waals surface area contributed by atoms with Gasteiger partial charge in [0.15, 0.2) is 29.0 Å². The van der Waals surface area contributed by atoms with E-state index in [1.807, 2.05) is 6.92 Å². The van der Waals surface area contributed by atoms with Crippen molar-refractivity contribution in [3.05, 3.63) is 41.5 Å². The molecular weight excluding hydrogens is 484 g/mol. The summed E-state index contributed by atoms with van der Waals surface area (Å²) in [5.41, 5.74) is 1.08. The fourth-order valence-corrected chi connectivity index (χ4v) is 4.47. The van der Waals surface area contributed by atoms with E-state index in [0.717, 1.165) is 12.3 Å². The first kappa shape index (κ1) is 26.0. The van der Waals surface area contributed by atoms with Gasteiger partial charge in [0.1, 0.15) is 11.5 Å². The molecule has 3 N–H and O–H groups in total. The highest BCUT2D eigenvalue weighted by Crippen LogP contribution is 2.39. The fourth-order valence-electron chi connectivity index (χ4n) is 4.47. The Kier molecular flexibility index (Phi) is 7.65. The second kappa shape index (κ2) is 10.9. The van der Waals surface area contributed by atoms with Crippen LogP contribution in [0, 0.1) is 23.0 Å². The lowest BCUT2D eigenvalue weighted by Gasteiger charge is -2.36. The van der Waals surface area contributed by atoms with E-state index in [2.05, 4.69) is 20.6 Å². The predicted molar refractivity (Wildman–Crippen MR) is 136 cm³/mol. The maximum absolute atomic E-state index is 15.2. The van der Waals surface area contributed by atoms with E-state index in [1.165, 1.54) is 14.2 Å². The Hall–Kier alpha value is -4.09. The Morgan fingerprint density at radius 1 is 1.32 bits per heavy atom. The van der Waals surface area contributed by atoms with E-state index in [9.17, 15) is 4.79 Å². The topological polar surface area (TPSA) is 125 Å². The Bertz CT molecular complexity index is 1250. The van der Waals surface area contributed by atoms with Crippen molar-refractivity contribution in [1.82, 2.24) is 20.6 Å². The number of ether oxygens (including phenoxy) is 2. The summed E-state index contributed by atoms with van der Waals surface area (Å²) in [5.74, 6) is -1.84. The number of nitrogens with one attached hydrogen (secondary N) is 3. The number of amides is 1. The first-order valence-corrected chi connectivity index (χ1v) is 11.8. The highest BCUT2D eigenvalue weighted by atomic mass is 19.1. The molecule has 37 heavy (non-hydrogen) atoms. The Balaban J connectivity index is 1.89. The number of benzene rings is 1. The summed E-state index contributed by atoms with van der Waals surface area (Å²) in [4.78, 5) is 27.5. The Morgan fingerprint density at radius 2 is 2.03 bits per heavy atom. The van der Waals surface area contributed by atoms with Gasteiger partial charge in [-0.3, -0.25) is 9.78 Å². The van der Waals surface area contributed by atoms with Gasteiger partial charge in [-0.1, -0.05) is 6.92 Å². The lowest BCUT2D eigenvalue weighted by Crippen LogP contribution is -2.47. The molecule has 0 aliphatic carbocycles. The third kappa shape index (κ3) is 5.09. The van der Waals surface area contributed by atoms with Crippen molar-refractivity contribution in [2.45, 2.75) is 32.2 Å². The molecule has 0 saturated carbocycles. The molecule has 2 aliphatic rings. The van der Waals surface area contributed by atoms with Gasteiger partial charge in [-0.15, -0.1) is 0 Å². The average Bonchev–Trinajstić information content (AvgIpc) is 3.31. The molecule has 1 saturated heterocycles. The van der Waals surface area contributed by atoms with E-state index in [0.29, 0.717) is 47.9 Å². The molecule has 0 spiro atoms. The molecule has 2 atom stereocenters. The van der Waals surface area contributed by atoms with Gasteiger partial charge < -0.3 is 30.4 Å². The van der Waals surface area contributed by atoms with Crippen LogP contribution in [0.3, 0.4) is 0 Å². The van der Waals surface area contributed by atoms with E-state index in [4.69, 9.17) is 19.9 Å². The predicted octanol–water partition coefficient (Wildman–Crippen LogP) is 2.99. The van der Waals surface area contributed by atoms with Gasteiger partial charge in [0.05, 0.1) is 31.8 Å². The van der Waals surface area contributed by atoms with Crippen molar-refractivity contribution in [3.8, 4) is 11.5 Å². The van der Waals surface area contributed by atoms with Crippen LogP contribution >= 0.6 is 0 Å². The van der Waals surface area contributed by atoms with Crippen LogP contribution < -0.4 is 25.0 Å². The average molecular weight is 514 g/mol. The number of halogens is 2. The number of nitrogens with zero attached hydrogens (tertiary/aromatic N) is 4. The fraction of sp³-hybridized carbons (Fsp3) is 0.400. The zero-order valence-corrected chi connectivity index (χ0v) is 21.1. The third-order valence-electron chi connectivity index (χ3n) is 6.32. The van der Waals surface area contributed by atoms with E-state index < -0.39 is 17.3 Å². The summed E-state index contributed by atoms with van der Waals surface area (Å²) in [6.07, 6.45) is 5.78. The third-order valence-corrected chi connectivity index (χ3v) is 6.32. The molecule has 4 rings (SSSR count). The molecule has 2 aliphatic heterocycles. The zero-order chi connectivity index (χ0) is 26.7. The normalized spacial score (nSPS) is 20.5. The standard InChI is InChI=1S/C25H29F2N7O3/c1-13-7-16-25(32-17(11-30-16)14(9-28)10-29-2)34(12-15-5-6-20(35)31-15)24(13)33-23-21(26)18(36-3)8-19(37-4)22(23)27/h8-11,13,15,28-29H,5-7,12H2,1-4H3,(H,31,35)/b14-10+,28-9?,33-24+. The Labute approximate surface area is 213 Å². The van der Waals surface area contributed by atoms with Gasteiger partial charge in [0.25, 0.3) is 0 Å². The number of carbonyl (C=O) groups is 1. The molecule has 2 aromatic rings. The number of hydrogen-bond acceptors (Lipinski definition) is 8. The minimum Gasteiger partial charge on any atom is -0.493 e. The first-order valence-electron chi connectivity index (χ1n) is 11.8. The van der Waals surface area contributed by atoms with Crippen LogP contribution in [0.5, 0.6) is 11.5 Å². The van der Waals surface area contributed by atoms with E-state index >= 15 is 8.78 Å². The lowest BCUT2D eigenvalue weighted by atomic mass is 9.97. The van der Waals surface area contributed by atoms with Crippen LogP contribution in [0.1, 0.15) is 31.2 Å². The van der Waals surface area contributed by atoms with Crippen LogP contribution in [-0.2, 0) is 11.2 Å². The number of methoxy groups -OCH3 is 2. The minimum atomic E-state index is -0.955. The van der Waals surface area contributed by atoms with Crippen LogP contribution in [0.15, 0.2) is 23.5 Å². The molecular formula is C25H29F2N7O3. The van der Waals surface area contributed by atoms with Gasteiger partial charge in [-0.05, 0) is 6.42 Å². The van der Waals surface area contributed by atoms with Crippen molar-refractivity contribution >= 4 is 35.0 Å². The molecule has 196 valence electrons. The van der Waals surface area contributed by atoms with Crippen LogP contribution in [0.25, 0.3) is 5.57 Å². The van der Waals surface area contributed by atoms with Crippen molar-refractivity contribution in [2.24, 2.45) is 10.9 Å². The largest absolute Gasteiger partial charge is 0.493 e. The minimum absolute atomic E-state index is 0.0636. The lowest BCUT2D eigenvalue weighted by molar-refractivity contribution is -0.119. The van der Waals surface area contributed by atoms with Crippen molar-refractivity contribution < 1.29 is 23.0 Å². The van der Waals surface area contributed by atoms with Gasteiger partial charge >= 0.3 is 0 Å². The maximum Gasteiger partial charge on any atom is 0.220 e. The molecule has 1 aromatic heterocycles. The van der Waals surface area contributed by atoms with Crippen LogP contribution in [0.2, 0.25) is 0 Å². The highest BCUT2D eigenvalue weighted by molar-refractivity contribution is 6.08. The van der Waals surface area contributed by atoms with Crippen molar-refractivity contribution in [2.75, 3.05) is 32.7 Å². The van der Waals surface area contributed by atoms with Crippen LogP contribution in [-0.4, -0.2) is 61.8 Å². The zero-order valence-electron chi connectivity index (χ0n) is 21.1. The molecule has 1 aromatic carbocycles. The van der Waals surface area contributed by atoms with Crippen LogP contribution in [0.4, 0.5) is 20.3 Å². The number of amidine groups is 1. The number of aromatic nitrogens is 2. The van der Waals surface area contributed by atoms with E-state index in [1.54, 1.807) is 24.3 Å². The molecule has 0 bridgehead atoms. The summed E-state index contributed by atoms with van der Waals surface area (Å²) in [6, 6.07) is 0.913. The number of aliphatic imine (C=N–C) groups is 1. The van der Waals surface area contributed by atoms with Crippen molar-refractivity contribution in [3.63, 3.8) is 0 Å². The quantitative estimate of drug-likeness (QED) is 0.464. The monoisotopic (exact) mass is 513 g/mol. The molecule has 10 nitrogen and oxygen atoms in total. The smallest absolute Gasteiger partial charge is 0.220 e. The number of fused-ring (bicyclic) bond motifs is 1. The summed E-state index contributed by atoms with van der Waals surface area (Å²) in [6.45, 7) is 2.16. The number of anilines is 1. The summed E-state index contributed by atoms with van der Waals surface area (Å²) < 4.78 is 40.6. The first-order chi connectivity index (χ1) is 17.8. The number of allylic oxidation sites excluding steroid dienone is 1. The van der Waals surface area contributed by atoms with Crippen molar-refractivity contribution in [1.29, 1.82) is 5.41 Å². The summed E-state index contributed by atoms with van der Waals surface area (Å²) in [7, 11) is 4.26. The molecule has 12 heteroatoms. The molecule has 3 heterocycles. The number of hydrogen-bond donors (Lipinski definition) is 3. The van der Waals surface area contributed by atoms with Gasteiger partial charge in [-0.2, -0.15) is 0 Å². The van der Waals surface area contributed by atoms with Gasteiger partial charge in [-0.25, -0.2) is 18.8 Å². The number of carbonyl (C=O) groups excluding carboxylic acids is 1. The molecule has 1 amide bonds. The number of rotatable bonds is 8. The summed E-state index contributed by atoms with van der Waals surface area (Å²) >= 11 is 0.